The molecule has 1 atom stereocenters. The molecule has 2 N–H and O–H groups in total. The third-order valence-electron chi connectivity index (χ3n) is 5.26. The summed E-state index contributed by atoms with van der Waals surface area (Å²) in [4.78, 5) is 6.99. The fourth-order valence-electron chi connectivity index (χ4n) is 3.73. The Morgan fingerprint density at radius 1 is 1.19 bits per heavy atom. The average molecular weight is 379 g/mol. The summed E-state index contributed by atoms with van der Waals surface area (Å²) in [7, 11) is -3.41. The molecule has 2 fully saturated rings. The number of nitrogens with zero attached hydrogens (tertiary/aromatic N) is 3. The van der Waals surface area contributed by atoms with Crippen molar-refractivity contribution in [2.45, 2.75) is 50.5 Å². The molecule has 0 spiro atoms. The summed E-state index contributed by atoms with van der Waals surface area (Å²) < 4.78 is 27.2. The van der Waals surface area contributed by atoms with E-state index in [1.54, 1.807) is 22.5 Å². The Morgan fingerprint density at radius 3 is 2.69 bits per heavy atom. The number of hydrogen-bond donors (Lipinski definition) is 1. The van der Waals surface area contributed by atoms with E-state index in [9.17, 15) is 8.42 Å². The zero-order chi connectivity index (χ0) is 18.6. The second-order valence-corrected chi connectivity index (χ2v) is 9.42. The molecule has 3 rings (SSSR count). The monoisotopic (exact) mass is 378 g/mol. The van der Waals surface area contributed by atoms with Crippen molar-refractivity contribution >= 4 is 16.0 Å². The molecule has 2 saturated heterocycles. The molecule has 1 unspecified atom stereocenters. The second-order valence-electron chi connectivity index (χ2n) is 7.48. The summed E-state index contributed by atoms with van der Waals surface area (Å²) in [5.41, 5.74) is 7.02. The standard InChI is InChI=1S/C19H30N4O2S/c1-16-7-6-10-22(15-16)19(20)21-14-17-8-5-9-18(13-17)26(24,25)23-11-3-2-4-12-23/h5,8-9,13,16H,2-4,6-7,10-12,14-15H2,1H3,(H2,20,21). The molecule has 0 bridgehead atoms. The van der Waals surface area contributed by atoms with E-state index in [0.29, 0.717) is 36.4 Å². The van der Waals surface area contributed by atoms with Gasteiger partial charge in [0.2, 0.25) is 10.0 Å². The maximum Gasteiger partial charge on any atom is 0.243 e. The molecule has 7 heteroatoms. The minimum absolute atomic E-state index is 0.359. The Balaban J connectivity index is 1.70. The van der Waals surface area contributed by atoms with Gasteiger partial charge in [-0.2, -0.15) is 4.31 Å². The van der Waals surface area contributed by atoms with E-state index in [4.69, 9.17) is 5.73 Å². The zero-order valence-electron chi connectivity index (χ0n) is 15.6. The Bertz CT molecular complexity index is 742. The summed E-state index contributed by atoms with van der Waals surface area (Å²) in [6, 6.07) is 7.11. The predicted octanol–water partition coefficient (Wildman–Crippen LogP) is 2.41. The lowest BCUT2D eigenvalue weighted by Gasteiger charge is -2.31. The van der Waals surface area contributed by atoms with Crippen molar-refractivity contribution in [2.24, 2.45) is 16.6 Å². The molecule has 1 aromatic carbocycles. The molecule has 6 nitrogen and oxygen atoms in total. The fourth-order valence-corrected chi connectivity index (χ4v) is 5.32. The third-order valence-corrected chi connectivity index (χ3v) is 7.15. The lowest BCUT2D eigenvalue weighted by molar-refractivity contribution is 0.270. The van der Waals surface area contributed by atoms with Crippen LogP contribution in [-0.2, 0) is 16.6 Å². The first kappa shape index (κ1) is 19.2. The molecule has 144 valence electrons. The first-order valence-electron chi connectivity index (χ1n) is 9.61. The van der Waals surface area contributed by atoms with Crippen LogP contribution in [-0.4, -0.2) is 49.8 Å². The van der Waals surface area contributed by atoms with Gasteiger partial charge in [0.25, 0.3) is 0 Å². The smallest absolute Gasteiger partial charge is 0.243 e. The molecule has 0 saturated carbocycles. The molecule has 0 aliphatic carbocycles. The normalized spacial score (nSPS) is 23.2. The van der Waals surface area contributed by atoms with Gasteiger partial charge in [0, 0.05) is 26.2 Å². The van der Waals surface area contributed by atoms with Gasteiger partial charge in [-0.15, -0.1) is 0 Å². The van der Waals surface area contributed by atoms with E-state index >= 15 is 0 Å². The molecule has 1 aromatic rings. The van der Waals surface area contributed by atoms with Crippen LogP contribution in [0.4, 0.5) is 0 Å². The van der Waals surface area contributed by atoms with Crippen LogP contribution in [0.5, 0.6) is 0 Å². The molecular weight excluding hydrogens is 348 g/mol. The number of benzene rings is 1. The average Bonchev–Trinajstić information content (AvgIpc) is 2.67. The fraction of sp³-hybridized carbons (Fsp3) is 0.632. The van der Waals surface area contributed by atoms with E-state index in [2.05, 4.69) is 16.8 Å². The van der Waals surface area contributed by atoms with E-state index < -0.39 is 10.0 Å². The molecule has 26 heavy (non-hydrogen) atoms. The van der Waals surface area contributed by atoms with Crippen molar-refractivity contribution in [1.82, 2.24) is 9.21 Å². The largest absolute Gasteiger partial charge is 0.370 e. The molecule has 0 radical (unpaired) electrons. The SMILES string of the molecule is CC1CCCN(C(N)=NCc2cccc(S(=O)(=O)N3CCCCC3)c2)C1. The molecule has 2 heterocycles. The Kier molecular flexibility index (Phi) is 6.19. The highest BCUT2D eigenvalue weighted by molar-refractivity contribution is 7.89. The first-order valence-corrected chi connectivity index (χ1v) is 11.0. The van der Waals surface area contributed by atoms with Crippen LogP contribution in [0.2, 0.25) is 0 Å². The molecule has 0 aromatic heterocycles. The second kappa shape index (κ2) is 8.39. The number of piperidine rings is 2. The van der Waals surface area contributed by atoms with Gasteiger partial charge in [0.05, 0.1) is 11.4 Å². The van der Waals surface area contributed by atoms with Gasteiger partial charge in [-0.05, 0) is 49.3 Å². The summed E-state index contributed by atoms with van der Waals surface area (Å²) in [6.07, 6.45) is 5.36. The van der Waals surface area contributed by atoms with Crippen LogP contribution in [0.1, 0.15) is 44.6 Å². The molecule has 2 aliphatic heterocycles. The van der Waals surface area contributed by atoms with Gasteiger partial charge < -0.3 is 10.6 Å². The van der Waals surface area contributed by atoms with Gasteiger partial charge in [-0.3, -0.25) is 0 Å². The van der Waals surface area contributed by atoms with E-state index in [1.807, 2.05) is 6.07 Å². The van der Waals surface area contributed by atoms with Crippen molar-refractivity contribution in [3.05, 3.63) is 29.8 Å². The number of rotatable bonds is 4. The Labute approximate surface area is 157 Å². The summed E-state index contributed by atoms with van der Waals surface area (Å²) in [5.74, 6) is 1.19. The van der Waals surface area contributed by atoms with Crippen molar-refractivity contribution in [1.29, 1.82) is 0 Å². The lowest BCUT2D eigenvalue weighted by Crippen LogP contribution is -2.43. The maximum atomic E-state index is 12.8. The van der Waals surface area contributed by atoms with Crippen molar-refractivity contribution in [2.75, 3.05) is 26.2 Å². The lowest BCUT2D eigenvalue weighted by atomic mass is 10.0. The van der Waals surface area contributed by atoms with E-state index in [-0.39, 0.29) is 0 Å². The highest BCUT2D eigenvalue weighted by Gasteiger charge is 2.26. The highest BCUT2D eigenvalue weighted by Crippen LogP contribution is 2.21. The van der Waals surface area contributed by atoms with Crippen LogP contribution in [0.3, 0.4) is 0 Å². The Morgan fingerprint density at radius 2 is 1.96 bits per heavy atom. The Hall–Kier alpha value is -1.60. The van der Waals surface area contributed by atoms with Crippen molar-refractivity contribution in [3.8, 4) is 0 Å². The number of likely N-dealkylation sites (tertiary alicyclic amines) is 1. The van der Waals surface area contributed by atoms with E-state index in [1.165, 1.54) is 6.42 Å². The van der Waals surface area contributed by atoms with Crippen LogP contribution < -0.4 is 5.73 Å². The number of aliphatic imine (C=N–C) groups is 1. The van der Waals surface area contributed by atoms with Crippen molar-refractivity contribution in [3.63, 3.8) is 0 Å². The number of hydrogen-bond acceptors (Lipinski definition) is 3. The molecule has 0 amide bonds. The molecule has 2 aliphatic rings. The zero-order valence-corrected chi connectivity index (χ0v) is 16.4. The number of nitrogens with two attached hydrogens (primary N) is 1. The first-order chi connectivity index (χ1) is 12.5. The number of guanidine groups is 1. The van der Waals surface area contributed by atoms with Gasteiger partial charge in [-0.25, -0.2) is 13.4 Å². The van der Waals surface area contributed by atoms with Gasteiger partial charge >= 0.3 is 0 Å². The van der Waals surface area contributed by atoms with Crippen LogP contribution in [0, 0.1) is 5.92 Å². The van der Waals surface area contributed by atoms with Gasteiger partial charge in [0.15, 0.2) is 5.96 Å². The summed E-state index contributed by atoms with van der Waals surface area (Å²) >= 11 is 0. The minimum Gasteiger partial charge on any atom is -0.370 e. The van der Waals surface area contributed by atoms with Crippen LogP contribution in [0.25, 0.3) is 0 Å². The maximum absolute atomic E-state index is 12.8. The van der Waals surface area contributed by atoms with Crippen LogP contribution >= 0.6 is 0 Å². The minimum atomic E-state index is -3.41. The third kappa shape index (κ3) is 4.57. The number of sulfonamides is 1. The highest BCUT2D eigenvalue weighted by atomic mass is 32.2. The van der Waals surface area contributed by atoms with Crippen LogP contribution in [0.15, 0.2) is 34.2 Å². The summed E-state index contributed by atoms with van der Waals surface area (Å²) in [5, 5.41) is 0. The van der Waals surface area contributed by atoms with Crippen molar-refractivity contribution < 1.29 is 8.42 Å². The van der Waals surface area contributed by atoms with E-state index in [0.717, 1.165) is 44.3 Å². The quantitative estimate of drug-likeness (QED) is 0.645. The topological polar surface area (TPSA) is 79.0 Å². The van der Waals surface area contributed by atoms with Gasteiger partial charge in [0.1, 0.15) is 0 Å². The molecular formula is C19H30N4O2S. The summed E-state index contributed by atoms with van der Waals surface area (Å²) in [6.45, 7) is 5.76. The van der Waals surface area contributed by atoms with Gasteiger partial charge in [-0.1, -0.05) is 25.5 Å². The predicted molar refractivity (Wildman–Crippen MR) is 104 cm³/mol.